The van der Waals surface area contributed by atoms with E-state index in [1.807, 2.05) is 55.1 Å². The van der Waals surface area contributed by atoms with Gasteiger partial charge in [0, 0.05) is 29.3 Å². The minimum Gasteiger partial charge on any atom is -0.345 e. The highest BCUT2D eigenvalue weighted by molar-refractivity contribution is 6.07. The Morgan fingerprint density at radius 2 is 1.79 bits per heavy atom. The fourth-order valence-corrected chi connectivity index (χ4v) is 4.12. The Labute approximate surface area is 195 Å². The van der Waals surface area contributed by atoms with Crippen LogP contribution < -0.4 is 5.32 Å². The Bertz CT molecular complexity index is 1300. The fraction of sp³-hybridized carbons (Fsp3) is 0.321. The minimum absolute atomic E-state index is 0.0836. The number of carbonyl (C=O) groups excluding carboxylic acids is 1. The number of carbonyl (C=O) groups is 1. The van der Waals surface area contributed by atoms with E-state index >= 15 is 0 Å². The molecule has 2 aromatic heterocycles. The molecular weight excluding hydrogens is 408 g/mol. The predicted octanol–water partition coefficient (Wildman–Crippen LogP) is 6.22. The third-order valence-corrected chi connectivity index (χ3v) is 6.13. The summed E-state index contributed by atoms with van der Waals surface area (Å²) in [6.07, 6.45) is 2.01. The van der Waals surface area contributed by atoms with E-state index in [1.165, 1.54) is 5.56 Å². The first kappa shape index (κ1) is 22.7. The summed E-state index contributed by atoms with van der Waals surface area (Å²) in [5.41, 5.74) is 6.54. The maximum atomic E-state index is 13.4. The molecule has 0 radical (unpaired) electrons. The molecule has 0 fully saturated rings. The van der Waals surface area contributed by atoms with Gasteiger partial charge in [-0.1, -0.05) is 63.2 Å². The summed E-state index contributed by atoms with van der Waals surface area (Å²) >= 11 is 0. The van der Waals surface area contributed by atoms with Gasteiger partial charge in [0.25, 0.3) is 5.91 Å². The highest BCUT2D eigenvalue weighted by atomic mass is 16.1. The van der Waals surface area contributed by atoms with Crippen molar-refractivity contribution in [1.29, 1.82) is 0 Å². The van der Waals surface area contributed by atoms with Crippen LogP contribution in [0.5, 0.6) is 0 Å². The molecule has 2 heterocycles. The molecule has 0 saturated heterocycles. The molecule has 1 N–H and O–H groups in total. The monoisotopic (exact) mass is 440 g/mol. The van der Waals surface area contributed by atoms with Gasteiger partial charge in [-0.05, 0) is 43.9 Å². The Morgan fingerprint density at radius 1 is 1.09 bits per heavy atom. The molecule has 0 bridgehead atoms. The number of fused-ring (bicyclic) bond motifs is 1. The van der Waals surface area contributed by atoms with E-state index in [1.54, 1.807) is 0 Å². The zero-order chi connectivity index (χ0) is 23.8. The van der Waals surface area contributed by atoms with Crippen LogP contribution in [-0.2, 0) is 12.0 Å². The van der Waals surface area contributed by atoms with E-state index in [0.717, 1.165) is 40.0 Å². The quantitative estimate of drug-likeness (QED) is 0.401. The largest absolute Gasteiger partial charge is 0.345 e. The summed E-state index contributed by atoms with van der Waals surface area (Å²) in [5, 5.41) is 8.53. The van der Waals surface area contributed by atoms with Crippen molar-refractivity contribution < 1.29 is 4.79 Å². The van der Waals surface area contributed by atoms with Gasteiger partial charge in [0.15, 0.2) is 0 Å². The number of hydrogen-bond acceptors (Lipinski definition) is 3. The first-order valence-electron chi connectivity index (χ1n) is 11.5. The minimum atomic E-state index is -0.153. The SMILES string of the molecule is CCn1cc([C@@H](C)NC(=O)c2cc(-c3ccc(C(C)(C)C)cc3)nc3ccccc23)c(C)n1. The van der Waals surface area contributed by atoms with Crippen molar-refractivity contribution in [3.63, 3.8) is 0 Å². The normalized spacial score (nSPS) is 12.7. The Hall–Kier alpha value is -3.47. The molecule has 2 aromatic carbocycles. The molecule has 0 unspecified atom stereocenters. The van der Waals surface area contributed by atoms with Gasteiger partial charge < -0.3 is 5.32 Å². The molecule has 0 aliphatic carbocycles. The van der Waals surface area contributed by atoms with Crippen LogP contribution in [0.2, 0.25) is 0 Å². The van der Waals surface area contributed by atoms with Gasteiger partial charge in [-0.25, -0.2) is 4.98 Å². The van der Waals surface area contributed by atoms with Crippen LogP contribution in [0.4, 0.5) is 0 Å². The molecule has 4 aromatic rings. The number of amides is 1. The second kappa shape index (κ2) is 8.81. The number of nitrogens with one attached hydrogen (secondary N) is 1. The van der Waals surface area contributed by atoms with Gasteiger partial charge in [-0.3, -0.25) is 9.48 Å². The van der Waals surface area contributed by atoms with Crippen molar-refractivity contribution in [3.8, 4) is 11.3 Å². The first-order valence-corrected chi connectivity index (χ1v) is 11.5. The topological polar surface area (TPSA) is 59.8 Å². The summed E-state index contributed by atoms with van der Waals surface area (Å²) < 4.78 is 1.90. The molecule has 0 saturated carbocycles. The number of aryl methyl sites for hydroxylation is 2. The lowest BCUT2D eigenvalue weighted by molar-refractivity contribution is 0.0941. The van der Waals surface area contributed by atoms with E-state index in [0.29, 0.717) is 5.56 Å². The van der Waals surface area contributed by atoms with Crippen molar-refractivity contribution in [2.75, 3.05) is 0 Å². The molecular formula is C28H32N4O. The van der Waals surface area contributed by atoms with E-state index in [-0.39, 0.29) is 17.4 Å². The van der Waals surface area contributed by atoms with Crippen molar-refractivity contribution >= 4 is 16.8 Å². The number of nitrogens with zero attached hydrogens (tertiary/aromatic N) is 3. The van der Waals surface area contributed by atoms with Gasteiger partial charge in [-0.15, -0.1) is 0 Å². The van der Waals surface area contributed by atoms with Crippen molar-refractivity contribution in [2.24, 2.45) is 0 Å². The molecule has 0 aliphatic rings. The van der Waals surface area contributed by atoms with Crippen LogP contribution in [0.15, 0.2) is 60.8 Å². The van der Waals surface area contributed by atoms with Crippen LogP contribution in [0.1, 0.15) is 67.8 Å². The van der Waals surface area contributed by atoms with Crippen LogP contribution in [0.3, 0.4) is 0 Å². The van der Waals surface area contributed by atoms with Gasteiger partial charge >= 0.3 is 0 Å². The molecule has 33 heavy (non-hydrogen) atoms. The Balaban J connectivity index is 1.71. The number of hydrogen-bond donors (Lipinski definition) is 1. The predicted molar refractivity (Wildman–Crippen MR) is 134 cm³/mol. The average molecular weight is 441 g/mol. The summed E-state index contributed by atoms with van der Waals surface area (Å²) in [6, 6.07) is 18.0. The van der Waals surface area contributed by atoms with Crippen LogP contribution >= 0.6 is 0 Å². The average Bonchev–Trinajstić information content (AvgIpc) is 3.18. The lowest BCUT2D eigenvalue weighted by Gasteiger charge is -2.19. The molecule has 0 aliphatic heterocycles. The summed E-state index contributed by atoms with van der Waals surface area (Å²) in [4.78, 5) is 18.3. The number of benzene rings is 2. The molecule has 0 spiro atoms. The maximum absolute atomic E-state index is 13.4. The van der Waals surface area contributed by atoms with Gasteiger partial charge in [-0.2, -0.15) is 5.10 Å². The highest BCUT2D eigenvalue weighted by Gasteiger charge is 2.19. The third kappa shape index (κ3) is 4.68. The first-order chi connectivity index (χ1) is 15.7. The van der Waals surface area contributed by atoms with E-state index in [4.69, 9.17) is 4.98 Å². The maximum Gasteiger partial charge on any atom is 0.252 e. The van der Waals surface area contributed by atoms with Gasteiger partial charge in [0.2, 0.25) is 0 Å². The zero-order valence-corrected chi connectivity index (χ0v) is 20.3. The summed E-state index contributed by atoms with van der Waals surface area (Å²) in [5.74, 6) is -0.114. The third-order valence-electron chi connectivity index (χ3n) is 6.13. The van der Waals surface area contributed by atoms with Gasteiger partial charge in [0.05, 0.1) is 28.5 Å². The van der Waals surface area contributed by atoms with Crippen molar-refractivity contribution in [2.45, 2.75) is 59.5 Å². The number of rotatable bonds is 5. The number of pyridine rings is 1. The molecule has 4 rings (SSSR count). The van der Waals surface area contributed by atoms with Gasteiger partial charge in [0.1, 0.15) is 0 Å². The number of para-hydroxylation sites is 1. The number of aromatic nitrogens is 3. The lowest BCUT2D eigenvalue weighted by Crippen LogP contribution is -2.27. The molecule has 1 amide bonds. The molecule has 170 valence electrons. The lowest BCUT2D eigenvalue weighted by atomic mass is 9.86. The second-order valence-electron chi connectivity index (χ2n) is 9.62. The van der Waals surface area contributed by atoms with E-state index < -0.39 is 0 Å². The molecule has 5 nitrogen and oxygen atoms in total. The standard InChI is InChI=1S/C28H32N4O/c1-7-32-17-24(19(3)31-32)18(2)29-27(33)23-16-26(30-25-11-9-8-10-22(23)25)20-12-14-21(15-13-20)28(4,5)6/h8-18H,7H2,1-6H3,(H,29,33)/t18-/m1/s1. The fourth-order valence-electron chi connectivity index (χ4n) is 4.12. The zero-order valence-electron chi connectivity index (χ0n) is 20.3. The molecule has 5 heteroatoms. The second-order valence-corrected chi connectivity index (χ2v) is 9.62. The highest BCUT2D eigenvalue weighted by Crippen LogP contribution is 2.28. The van der Waals surface area contributed by atoms with Crippen LogP contribution in [0.25, 0.3) is 22.2 Å². The van der Waals surface area contributed by atoms with Crippen LogP contribution in [-0.4, -0.2) is 20.7 Å². The summed E-state index contributed by atoms with van der Waals surface area (Å²) in [6.45, 7) is 13.4. The molecule has 1 atom stereocenters. The Kier molecular flexibility index (Phi) is 6.07. The van der Waals surface area contributed by atoms with Crippen molar-refractivity contribution in [1.82, 2.24) is 20.1 Å². The summed E-state index contributed by atoms with van der Waals surface area (Å²) in [7, 11) is 0. The Morgan fingerprint density at radius 3 is 2.42 bits per heavy atom. The van der Waals surface area contributed by atoms with Crippen molar-refractivity contribution in [3.05, 3.63) is 83.2 Å². The van der Waals surface area contributed by atoms with Crippen LogP contribution in [0, 0.1) is 6.92 Å². The smallest absolute Gasteiger partial charge is 0.252 e. The van der Waals surface area contributed by atoms with E-state index in [2.05, 4.69) is 62.4 Å². The van der Waals surface area contributed by atoms with E-state index in [9.17, 15) is 4.79 Å².